The normalized spacial score (nSPS) is 10.4. The van der Waals surface area contributed by atoms with Crippen LogP contribution in [-0.2, 0) is 0 Å². The number of nitrogens with zero attached hydrogens (tertiary/aromatic N) is 1. The molecule has 20 heavy (non-hydrogen) atoms. The highest BCUT2D eigenvalue weighted by atomic mass is 19.1. The Labute approximate surface area is 115 Å². The molecule has 0 aliphatic heterocycles. The van der Waals surface area contributed by atoms with Gasteiger partial charge in [-0.25, -0.2) is 4.39 Å². The van der Waals surface area contributed by atoms with E-state index in [1.807, 2.05) is 24.3 Å². The molecule has 0 atom stereocenters. The van der Waals surface area contributed by atoms with Crippen molar-refractivity contribution in [2.45, 2.75) is 0 Å². The van der Waals surface area contributed by atoms with Gasteiger partial charge in [-0.05, 0) is 35.7 Å². The van der Waals surface area contributed by atoms with Crippen molar-refractivity contribution in [3.05, 3.63) is 72.3 Å². The highest BCUT2D eigenvalue weighted by Crippen LogP contribution is 2.15. The topological polar surface area (TPSA) is 42.0 Å². The van der Waals surface area contributed by atoms with E-state index in [2.05, 4.69) is 10.3 Å². The average Bonchev–Trinajstić information content (AvgIpc) is 2.49. The van der Waals surface area contributed by atoms with E-state index in [-0.39, 0.29) is 11.7 Å². The molecule has 0 bridgehead atoms. The molecule has 3 rings (SSSR count). The quantitative estimate of drug-likeness (QED) is 0.769. The summed E-state index contributed by atoms with van der Waals surface area (Å²) in [6.45, 7) is 0. The van der Waals surface area contributed by atoms with Crippen molar-refractivity contribution in [3.8, 4) is 0 Å². The zero-order valence-corrected chi connectivity index (χ0v) is 10.5. The summed E-state index contributed by atoms with van der Waals surface area (Å²) in [4.78, 5) is 16.2. The molecule has 0 saturated heterocycles. The van der Waals surface area contributed by atoms with Gasteiger partial charge in [0, 0.05) is 17.3 Å². The minimum absolute atomic E-state index is 0.317. The maximum absolute atomic E-state index is 12.8. The largest absolute Gasteiger partial charge is 0.321 e. The summed E-state index contributed by atoms with van der Waals surface area (Å²) >= 11 is 0. The standard InChI is InChI=1S/C16H11FN2O/c17-13-5-7-14(8-6-13)19-16(20)15-9-11-3-1-2-4-12(11)10-18-15/h1-10H,(H,19,20). The number of aromatic nitrogens is 1. The third kappa shape index (κ3) is 2.49. The van der Waals surface area contributed by atoms with E-state index in [1.165, 1.54) is 24.3 Å². The summed E-state index contributed by atoms with van der Waals surface area (Å²) in [5, 5.41) is 4.61. The minimum Gasteiger partial charge on any atom is -0.321 e. The SMILES string of the molecule is O=C(Nc1ccc(F)cc1)c1cc2ccccc2cn1. The summed E-state index contributed by atoms with van der Waals surface area (Å²) in [6, 6.07) is 15.0. The zero-order valence-electron chi connectivity index (χ0n) is 10.5. The van der Waals surface area contributed by atoms with Crippen LogP contribution < -0.4 is 5.32 Å². The van der Waals surface area contributed by atoms with Crippen LogP contribution in [0.5, 0.6) is 0 Å². The first-order chi connectivity index (χ1) is 9.72. The molecule has 0 radical (unpaired) electrons. The van der Waals surface area contributed by atoms with Crippen LogP contribution in [0.25, 0.3) is 10.8 Å². The second kappa shape index (κ2) is 5.09. The molecule has 1 aromatic heterocycles. The monoisotopic (exact) mass is 266 g/mol. The Balaban J connectivity index is 1.86. The van der Waals surface area contributed by atoms with Gasteiger partial charge < -0.3 is 5.32 Å². The van der Waals surface area contributed by atoms with Gasteiger partial charge in [0.2, 0.25) is 0 Å². The zero-order chi connectivity index (χ0) is 13.9. The first-order valence-corrected chi connectivity index (χ1v) is 6.14. The van der Waals surface area contributed by atoms with E-state index < -0.39 is 0 Å². The molecule has 0 saturated carbocycles. The predicted molar refractivity (Wildman–Crippen MR) is 76.1 cm³/mol. The molecule has 1 heterocycles. The van der Waals surface area contributed by atoms with Crippen molar-refractivity contribution in [3.63, 3.8) is 0 Å². The third-order valence-electron chi connectivity index (χ3n) is 2.97. The lowest BCUT2D eigenvalue weighted by Gasteiger charge is -2.05. The summed E-state index contributed by atoms with van der Waals surface area (Å²) in [5.74, 6) is -0.658. The van der Waals surface area contributed by atoms with Crippen LogP contribution in [0.3, 0.4) is 0 Å². The summed E-state index contributed by atoms with van der Waals surface area (Å²) in [6.07, 6.45) is 1.66. The number of rotatable bonds is 2. The van der Waals surface area contributed by atoms with Gasteiger partial charge in [0.15, 0.2) is 0 Å². The van der Waals surface area contributed by atoms with E-state index in [0.717, 1.165) is 10.8 Å². The lowest BCUT2D eigenvalue weighted by Crippen LogP contribution is -2.13. The number of amides is 1. The molecule has 0 spiro atoms. The fourth-order valence-corrected chi connectivity index (χ4v) is 1.94. The van der Waals surface area contributed by atoms with Crippen molar-refractivity contribution in [2.24, 2.45) is 0 Å². The van der Waals surface area contributed by atoms with Gasteiger partial charge in [-0.1, -0.05) is 24.3 Å². The first-order valence-electron chi connectivity index (χ1n) is 6.14. The Morgan fingerprint density at radius 1 is 1.00 bits per heavy atom. The summed E-state index contributed by atoms with van der Waals surface area (Å²) < 4.78 is 12.8. The van der Waals surface area contributed by atoms with Gasteiger partial charge in [-0.2, -0.15) is 0 Å². The van der Waals surface area contributed by atoms with E-state index in [0.29, 0.717) is 11.4 Å². The Bertz CT molecular complexity index is 769. The second-order valence-electron chi connectivity index (χ2n) is 4.38. The van der Waals surface area contributed by atoms with Gasteiger partial charge in [0.25, 0.3) is 5.91 Å². The molecule has 1 N–H and O–H groups in total. The number of pyridine rings is 1. The molecular formula is C16H11FN2O. The lowest BCUT2D eigenvalue weighted by atomic mass is 10.1. The van der Waals surface area contributed by atoms with E-state index in [1.54, 1.807) is 12.3 Å². The molecule has 0 aliphatic rings. The van der Waals surface area contributed by atoms with Gasteiger partial charge in [0.05, 0.1) is 0 Å². The van der Waals surface area contributed by atoms with Crippen LogP contribution in [0.4, 0.5) is 10.1 Å². The molecule has 0 aliphatic carbocycles. The van der Waals surface area contributed by atoms with Gasteiger partial charge in [-0.15, -0.1) is 0 Å². The molecule has 3 nitrogen and oxygen atoms in total. The average molecular weight is 266 g/mol. The fraction of sp³-hybridized carbons (Fsp3) is 0. The summed E-state index contributed by atoms with van der Waals surface area (Å²) in [7, 11) is 0. The van der Waals surface area contributed by atoms with Crippen molar-refractivity contribution in [1.29, 1.82) is 0 Å². The van der Waals surface area contributed by atoms with Crippen LogP contribution in [0.1, 0.15) is 10.5 Å². The number of nitrogens with one attached hydrogen (secondary N) is 1. The fourth-order valence-electron chi connectivity index (χ4n) is 1.94. The number of benzene rings is 2. The number of hydrogen-bond donors (Lipinski definition) is 1. The highest BCUT2D eigenvalue weighted by molar-refractivity contribution is 6.04. The highest BCUT2D eigenvalue weighted by Gasteiger charge is 2.08. The first kappa shape index (κ1) is 12.3. The maximum atomic E-state index is 12.8. The van der Waals surface area contributed by atoms with E-state index in [4.69, 9.17) is 0 Å². The maximum Gasteiger partial charge on any atom is 0.274 e. The molecular weight excluding hydrogens is 255 g/mol. The lowest BCUT2D eigenvalue weighted by molar-refractivity contribution is 0.102. The molecule has 0 unspecified atom stereocenters. The molecule has 4 heteroatoms. The van der Waals surface area contributed by atoms with Crippen LogP contribution >= 0.6 is 0 Å². The van der Waals surface area contributed by atoms with Gasteiger partial charge in [0.1, 0.15) is 11.5 Å². The van der Waals surface area contributed by atoms with Crippen molar-refractivity contribution in [2.75, 3.05) is 5.32 Å². The number of fused-ring (bicyclic) bond motifs is 1. The van der Waals surface area contributed by atoms with Crippen LogP contribution in [0.2, 0.25) is 0 Å². The van der Waals surface area contributed by atoms with Crippen LogP contribution in [0.15, 0.2) is 60.8 Å². The predicted octanol–water partition coefficient (Wildman–Crippen LogP) is 3.63. The van der Waals surface area contributed by atoms with Crippen molar-refractivity contribution < 1.29 is 9.18 Å². The molecule has 3 aromatic rings. The number of anilines is 1. The molecule has 98 valence electrons. The smallest absolute Gasteiger partial charge is 0.274 e. The number of halogens is 1. The van der Waals surface area contributed by atoms with Crippen molar-refractivity contribution >= 4 is 22.4 Å². The Kier molecular flexibility index (Phi) is 3.13. The van der Waals surface area contributed by atoms with Gasteiger partial charge in [-0.3, -0.25) is 9.78 Å². The van der Waals surface area contributed by atoms with Crippen molar-refractivity contribution in [1.82, 2.24) is 4.98 Å². The Morgan fingerprint density at radius 3 is 2.45 bits per heavy atom. The molecule has 0 fully saturated rings. The Morgan fingerprint density at radius 2 is 1.70 bits per heavy atom. The number of hydrogen-bond acceptors (Lipinski definition) is 2. The Hall–Kier alpha value is -2.75. The summed E-state index contributed by atoms with van der Waals surface area (Å²) in [5.41, 5.74) is 0.861. The number of carbonyl (C=O) groups is 1. The van der Waals surface area contributed by atoms with Gasteiger partial charge >= 0.3 is 0 Å². The third-order valence-corrected chi connectivity index (χ3v) is 2.97. The number of carbonyl (C=O) groups excluding carboxylic acids is 1. The molecule has 1 amide bonds. The van der Waals surface area contributed by atoms with E-state index >= 15 is 0 Å². The van der Waals surface area contributed by atoms with Crippen LogP contribution in [0, 0.1) is 5.82 Å². The van der Waals surface area contributed by atoms with E-state index in [9.17, 15) is 9.18 Å². The molecule has 2 aromatic carbocycles. The van der Waals surface area contributed by atoms with Crippen LogP contribution in [-0.4, -0.2) is 10.9 Å². The second-order valence-corrected chi connectivity index (χ2v) is 4.38. The minimum atomic E-state index is -0.341.